The van der Waals surface area contributed by atoms with Crippen molar-refractivity contribution < 1.29 is 18.3 Å². The number of likely N-dealkylation sites (tertiary alicyclic amines) is 1. The van der Waals surface area contributed by atoms with E-state index in [1.54, 1.807) is 19.2 Å². The molecule has 5 nitrogen and oxygen atoms in total. The van der Waals surface area contributed by atoms with Crippen LogP contribution >= 0.6 is 0 Å². The van der Waals surface area contributed by atoms with Crippen molar-refractivity contribution in [2.24, 2.45) is 0 Å². The molecular weight excluding hydrogens is 323 g/mol. The van der Waals surface area contributed by atoms with Crippen LogP contribution in [-0.4, -0.2) is 43.3 Å². The molecule has 2 heterocycles. The van der Waals surface area contributed by atoms with Crippen molar-refractivity contribution in [3.05, 3.63) is 35.5 Å². The number of methoxy groups -OCH3 is 2. The minimum absolute atomic E-state index is 0.313. The Hall–Kier alpha value is -1.92. The molecule has 1 fully saturated rings. The largest absolute Gasteiger partial charge is 0.497 e. The summed E-state index contributed by atoms with van der Waals surface area (Å²) >= 11 is 0. The van der Waals surface area contributed by atoms with E-state index in [0.29, 0.717) is 29.8 Å². The number of nitrogens with zero attached hydrogens (tertiary/aromatic N) is 2. The van der Waals surface area contributed by atoms with Gasteiger partial charge >= 0.3 is 0 Å². The third-order valence-corrected chi connectivity index (χ3v) is 4.76. The van der Waals surface area contributed by atoms with Gasteiger partial charge in [0.25, 0.3) is 0 Å². The summed E-state index contributed by atoms with van der Waals surface area (Å²) < 4.78 is 30.4. The van der Waals surface area contributed by atoms with Gasteiger partial charge in [-0.15, -0.1) is 0 Å². The maximum atomic E-state index is 14.3. The van der Waals surface area contributed by atoms with E-state index in [4.69, 9.17) is 13.9 Å². The molecule has 1 aliphatic rings. The topological polar surface area (TPSA) is 47.7 Å². The lowest BCUT2D eigenvalue weighted by Crippen LogP contribution is -2.41. The Morgan fingerprint density at radius 2 is 2.16 bits per heavy atom. The van der Waals surface area contributed by atoms with Gasteiger partial charge in [0.05, 0.1) is 25.0 Å². The van der Waals surface area contributed by atoms with Crippen LogP contribution in [0.3, 0.4) is 0 Å². The summed E-state index contributed by atoms with van der Waals surface area (Å²) in [6, 6.07) is 5.08. The monoisotopic (exact) mass is 348 g/mol. The quantitative estimate of drug-likeness (QED) is 0.795. The number of hydrogen-bond acceptors (Lipinski definition) is 5. The van der Waals surface area contributed by atoms with Crippen molar-refractivity contribution in [1.29, 1.82) is 0 Å². The summed E-state index contributed by atoms with van der Waals surface area (Å²) in [5, 5.41) is 0. The Kier molecular flexibility index (Phi) is 5.71. The van der Waals surface area contributed by atoms with Gasteiger partial charge in [0.2, 0.25) is 5.89 Å². The number of aromatic nitrogens is 1. The predicted octanol–water partition coefficient (Wildman–Crippen LogP) is 3.80. The van der Waals surface area contributed by atoms with Crippen molar-refractivity contribution in [2.45, 2.75) is 38.8 Å². The highest BCUT2D eigenvalue weighted by molar-refractivity contribution is 5.56. The fourth-order valence-electron chi connectivity index (χ4n) is 3.33. The lowest BCUT2D eigenvalue weighted by molar-refractivity contribution is 0.0590. The molecule has 1 saturated heterocycles. The molecule has 136 valence electrons. The van der Waals surface area contributed by atoms with Crippen LogP contribution < -0.4 is 4.74 Å². The number of rotatable bonds is 6. The summed E-state index contributed by atoms with van der Waals surface area (Å²) in [7, 11) is 3.25. The summed E-state index contributed by atoms with van der Waals surface area (Å²) in [6.07, 6.45) is 3.53. The van der Waals surface area contributed by atoms with Gasteiger partial charge in [-0.3, -0.25) is 4.90 Å². The average Bonchev–Trinajstić information content (AvgIpc) is 2.97. The maximum Gasteiger partial charge on any atom is 0.229 e. The summed E-state index contributed by atoms with van der Waals surface area (Å²) in [4.78, 5) is 6.94. The molecule has 6 heteroatoms. The van der Waals surface area contributed by atoms with Gasteiger partial charge in [-0.25, -0.2) is 9.37 Å². The third kappa shape index (κ3) is 4.02. The van der Waals surface area contributed by atoms with Gasteiger partial charge in [-0.05, 0) is 38.4 Å². The molecule has 1 aliphatic heterocycles. The van der Waals surface area contributed by atoms with Crippen molar-refractivity contribution in [3.8, 4) is 17.2 Å². The molecule has 0 bridgehead atoms. The smallest absolute Gasteiger partial charge is 0.229 e. The van der Waals surface area contributed by atoms with Crippen LogP contribution in [0, 0.1) is 12.7 Å². The van der Waals surface area contributed by atoms with Crippen LogP contribution in [0.1, 0.15) is 30.7 Å². The highest BCUT2D eigenvalue weighted by Gasteiger charge is 2.25. The second-order valence-electron chi connectivity index (χ2n) is 6.44. The molecule has 1 aromatic heterocycles. The number of benzene rings is 1. The van der Waals surface area contributed by atoms with Crippen LogP contribution in [0.2, 0.25) is 0 Å². The molecule has 0 unspecified atom stereocenters. The molecule has 0 saturated carbocycles. The first-order valence-corrected chi connectivity index (χ1v) is 8.65. The van der Waals surface area contributed by atoms with Crippen molar-refractivity contribution >= 4 is 0 Å². The molecule has 0 radical (unpaired) electrons. The third-order valence-electron chi connectivity index (χ3n) is 4.76. The first-order valence-electron chi connectivity index (χ1n) is 8.65. The molecule has 1 aromatic carbocycles. The highest BCUT2D eigenvalue weighted by atomic mass is 19.1. The minimum atomic E-state index is -0.401. The van der Waals surface area contributed by atoms with Gasteiger partial charge in [-0.1, -0.05) is 6.42 Å². The zero-order chi connectivity index (χ0) is 17.8. The van der Waals surface area contributed by atoms with Gasteiger partial charge < -0.3 is 13.9 Å². The Labute approximate surface area is 147 Å². The number of hydrogen-bond donors (Lipinski definition) is 0. The van der Waals surface area contributed by atoms with Gasteiger partial charge in [-0.2, -0.15) is 0 Å². The van der Waals surface area contributed by atoms with Crippen molar-refractivity contribution in [2.75, 3.05) is 27.4 Å². The molecule has 0 spiro atoms. The van der Waals surface area contributed by atoms with Crippen molar-refractivity contribution in [3.63, 3.8) is 0 Å². The number of halogens is 1. The summed E-state index contributed by atoms with van der Waals surface area (Å²) in [5.41, 5.74) is 1.20. The second-order valence-corrected chi connectivity index (χ2v) is 6.44. The van der Waals surface area contributed by atoms with Gasteiger partial charge in [0.1, 0.15) is 17.3 Å². The Bertz CT molecular complexity index is 715. The normalized spacial score (nSPS) is 18.5. The molecule has 1 atom stereocenters. The standard InChI is InChI=1S/C19H25FN2O3/c1-13-18(11-22-9-5-4-6-14(22)12-23-2)21-19(25-13)16-8-7-15(24-3)10-17(16)20/h7-8,10,14H,4-6,9,11-12H2,1-3H3/t14-/m1/s1. The average molecular weight is 348 g/mol. The van der Waals surface area contributed by atoms with E-state index in [2.05, 4.69) is 9.88 Å². The van der Waals surface area contributed by atoms with E-state index in [1.165, 1.54) is 26.0 Å². The zero-order valence-electron chi connectivity index (χ0n) is 15.0. The van der Waals surface area contributed by atoms with Crippen LogP contribution in [-0.2, 0) is 11.3 Å². The molecule has 2 aromatic rings. The number of oxazole rings is 1. The number of aryl methyl sites for hydroxylation is 1. The van der Waals surface area contributed by atoms with Crippen LogP contribution in [0.15, 0.2) is 22.6 Å². The van der Waals surface area contributed by atoms with Crippen LogP contribution in [0.4, 0.5) is 4.39 Å². The molecule has 0 aliphatic carbocycles. The first kappa shape index (κ1) is 17.9. The van der Waals surface area contributed by atoms with E-state index >= 15 is 0 Å². The predicted molar refractivity (Wildman–Crippen MR) is 93.1 cm³/mol. The molecule has 25 heavy (non-hydrogen) atoms. The maximum absolute atomic E-state index is 14.3. The second kappa shape index (κ2) is 7.97. The van der Waals surface area contributed by atoms with E-state index in [9.17, 15) is 4.39 Å². The minimum Gasteiger partial charge on any atom is -0.497 e. The van der Waals surface area contributed by atoms with Crippen LogP contribution in [0.5, 0.6) is 5.75 Å². The first-order chi connectivity index (χ1) is 12.1. The fraction of sp³-hybridized carbons (Fsp3) is 0.526. The van der Waals surface area contributed by atoms with Gasteiger partial charge in [0.15, 0.2) is 0 Å². The Balaban J connectivity index is 1.80. The number of ether oxygens (including phenoxy) is 2. The SMILES string of the molecule is COC[C@H]1CCCCN1Cc1nc(-c2ccc(OC)cc2F)oc1C. The lowest BCUT2D eigenvalue weighted by atomic mass is 10.0. The van der Waals surface area contributed by atoms with Gasteiger partial charge in [0, 0.05) is 25.8 Å². The van der Waals surface area contributed by atoms with Crippen LogP contribution in [0.25, 0.3) is 11.5 Å². The highest BCUT2D eigenvalue weighted by Crippen LogP contribution is 2.28. The van der Waals surface area contributed by atoms with E-state index < -0.39 is 5.82 Å². The number of piperidine rings is 1. The van der Waals surface area contributed by atoms with E-state index in [0.717, 1.165) is 31.0 Å². The van der Waals surface area contributed by atoms with Crippen molar-refractivity contribution in [1.82, 2.24) is 9.88 Å². The Morgan fingerprint density at radius 1 is 1.32 bits per heavy atom. The lowest BCUT2D eigenvalue weighted by Gasteiger charge is -2.34. The summed E-state index contributed by atoms with van der Waals surface area (Å²) in [5.74, 6) is 1.11. The van der Waals surface area contributed by atoms with E-state index in [-0.39, 0.29) is 0 Å². The fourth-order valence-corrected chi connectivity index (χ4v) is 3.33. The molecule has 0 amide bonds. The summed E-state index contributed by atoms with van der Waals surface area (Å²) in [6.45, 7) is 4.31. The molecule has 0 N–H and O–H groups in total. The molecular formula is C19H25FN2O3. The molecule has 3 rings (SSSR count). The van der Waals surface area contributed by atoms with E-state index in [1.807, 2.05) is 6.92 Å². The zero-order valence-corrected chi connectivity index (χ0v) is 15.0. The Morgan fingerprint density at radius 3 is 2.88 bits per heavy atom.